The van der Waals surface area contributed by atoms with Crippen molar-refractivity contribution in [1.29, 1.82) is 0 Å². The number of rotatable bonds is 7. The molecule has 1 N–H and O–H groups in total. The van der Waals surface area contributed by atoms with E-state index in [2.05, 4.69) is 84.9 Å². The van der Waals surface area contributed by atoms with Crippen LogP contribution in [0.3, 0.4) is 0 Å². The van der Waals surface area contributed by atoms with E-state index < -0.39 is 5.89 Å². The van der Waals surface area contributed by atoms with E-state index in [4.69, 9.17) is 9.97 Å². The van der Waals surface area contributed by atoms with E-state index in [-0.39, 0.29) is 38.1 Å². The van der Waals surface area contributed by atoms with Gasteiger partial charge in [0.1, 0.15) is 5.75 Å². The number of phenols is 1. The zero-order valence-electron chi connectivity index (χ0n) is 28.0. The first-order valence-corrected chi connectivity index (χ1v) is 15.2. The van der Waals surface area contributed by atoms with Gasteiger partial charge in [0.05, 0.1) is 5.69 Å². The molecule has 3 nitrogen and oxygen atoms in total. The molecule has 1 atom stereocenters. The summed E-state index contributed by atoms with van der Waals surface area (Å²) in [5, 5.41) is 11.0. The van der Waals surface area contributed by atoms with E-state index in [0.29, 0.717) is 17.2 Å². The summed E-state index contributed by atoms with van der Waals surface area (Å²) in [4.78, 5) is 9.88. The minimum atomic E-state index is -1.02. The third kappa shape index (κ3) is 7.38. The van der Waals surface area contributed by atoms with E-state index in [9.17, 15) is 6.48 Å². The molecule has 0 saturated heterocycles. The van der Waals surface area contributed by atoms with Gasteiger partial charge in [-0.05, 0) is 69.7 Å². The Kier molecular flexibility index (Phi) is 9.86. The van der Waals surface area contributed by atoms with Crippen LogP contribution in [0.1, 0.15) is 102 Å². The standard InChI is InChI=1S/C40H43N2O.Pt/c1-25(2)29-16-17-41-36(21-29)32-18-31(27(5)28-12-10-9-11-13-28)19-33(20-32)37-22-30(26(3)4)23-38(42-37)35-24-34(40(6,7)8)14-15-39(35)43;/h9-19,21-27,43H,1-8H3;/q-1;/i27D;. The summed E-state index contributed by atoms with van der Waals surface area (Å²) in [5.74, 6) is -0.226. The van der Waals surface area contributed by atoms with Gasteiger partial charge in [-0.15, -0.1) is 23.8 Å². The molecule has 3 aromatic carbocycles. The Hall–Kier alpha value is -3.55. The third-order valence-electron chi connectivity index (χ3n) is 8.16. The molecular formula is C40H43N2OPt-. The molecule has 0 aliphatic heterocycles. The number of pyridine rings is 2. The maximum absolute atomic E-state index is 11.0. The minimum absolute atomic E-state index is 0. The van der Waals surface area contributed by atoms with Crippen molar-refractivity contribution in [2.45, 2.75) is 78.5 Å². The van der Waals surface area contributed by atoms with Gasteiger partial charge in [0.2, 0.25) is 0 Å². The molecule has 0 spiro atoms. The van der Waals surface area contributed by atoms with Crippen LogP contribution >= 0.6 is 0 Å². The second-order valence-electron chi connectivity index (χ2n) is 13.1. The summed E-state index contributed by atoms with van der Waals surface area (Å²) in [6, 6.07) is 31.8. The molecule has 1 unspecified atom stereocenters. The molecule has 0 saturated carbocycles. The quantitative estimate of drug-likeness (QED) is 0.168. The number of benzene rings is 3. The fourth-order valence-electron chi connectivity index (χ4n) is 5.24. The number of hydrogen-bond acceptors (Lipinski definition) is 3. The van der Waals surface area contributed by atoms with E-state index in [0.717, 1.165) is 44.8 Å². The van der Waals surface area contributed by atoms with Crippen LogP contribution in [-0.4, -0.2) is 15.1 Å². The largest absolute Gasteiger partial charge is 0.507 e. The summed E-state index contributed by atoms with van der Waals surface area (Å²) in [6.45, 7) is 17.1. The maximum atomic E-state index is 11.0. The summed E-state index contributed by atoms with van der Waals surface area (Å²) in [5.41, 5.74) is 9.70. The SMILES string of the molecule is [2H]C(C)(c1ccccc1)c1cc(-c2cc(C(C)C)ccn2)[c-]c(-c2cc(C(C)C)cc(-c3cc(C(C)(C)C)ccc3O)n2)c1.[Pt]. The zero-order chi connectivity index (χ0) is 31.8. The van der Waals surface area contributed by atoms with Crippen molar-refractivity contribution in [2.24, 2.45) is 0 Å². The van der Waals surface area contributed by atoms with Gasteiger partial charge >= 0.3 is 0 Å². The fourth-order valence-corrected chi connectivity index (χ4v) is 5.24. The zero-order valence-corrected chi connectivity index (χ0v) is 29.2. The molecule has 0 amide bonds. The molecule has 2 aromatic heterocycles. The molecule has 230 valence electrons. The van der Waals surface area contributed by atoms with E-state index in [1.165, 1.54) is 5.56 Å². The number of aromatic hydroxyl groups is 1. The molecule has 44 heavy (non-hydrogen) atoms. The molecule has 5 rings (SSSR count). The molecule has 2 heterocycles. The van der Waals surface area contributed by atoms with Crippen LogP contribution in [0.2, 0.25) is 0 Å². The fraction of sp³-hybridized carbons (Fsp3) is 0.300. The predicted molar refractivity (Wildman–Crippen MR) is 180 cm³/mol. The minimum Gasteiger partial charge on any atom is -0.507 e. The second kappa shape index (κ2) is 13.6. The van der Waals surface area contributed by atoms with Gasteiger partial charge in [-0.2, -0.15) is 0 Å². The van der Waals surface area contributed by atoms with Crippen LogP contribution in [0.4, 0.5) is 0 Å². The van der Waals surface area contributed by atoms with Gasteiger partial charge in [-0.25, -0.2) is 0 Å². The van der Waals surface area contributed by atoms with E-state index in [1.807, 2.05) is 61.7 Å². The molecule has 5 aromatic rings. The summed E-state index contributed by atoms with van der Waals surface area (Å²) < 4.78 is 9.55. The van der Waals surface area contributed by atoms with Crippen molar-refractivity contribution in [3.8, 4) is 39.5 Å². The first kappa shape index (κ1) is 31.9. The third-order valence-corrected chi connectivity index (χ3v) is 8.16. The molecule has 0 aliphatic carbocycles. The molecule has 0 bridgehead atoms. The number of phenolic OH excluding ortho intramolecular Hbond substituents is 1. The molecule has 0 aliphatic rings. The van der Waals surface area contributed by atoms with Crippen LogP contribution in [-0.2, 0) is 26.5 Å². The van der Waals surface area contributed by atoms with Crippen molar-refractivity contribution in [3.63, 3.8) is 0 Å². The van der Waals surface area contributed by atoms with Gasteiger partial charge < -0.3 is 5.11 Å². The summed E-state index contributed by atoms with van der Waals surface area (Å²) in [6.07, 6.45) is 1.85. The van der Waals surface area contributed by atoms with Crippen molar-refractivity contribution in [1.82, 2.24) is 9.97 Å². The van der Waals surface area contributed by atoms with E-state index >= 15 is 0 Å². The number of nitrogens with zero attached hydrogens (tertiary/aromatic N) is 2. The van der Waals surface area contributed by atoms with Gasteiger partial charge in [0.25, 0.3) is 0 Å². The maximum Gasteiger partial charge on any atom is 0.124 e. The van der Waals surface area contributed by atoms with Gasteiger partial charge in [-0.3, -0.25) is 9.97 Å². The second-order valence-corrected chi connectivity index (χ2v) is 13.1. The van der Waals surface area contributed by atoms with Gasteiger partial charge in [0.15, 0.2) is 0 Å². The Morgan fingerprint density at radius 3 is 1.93 bits per heavy atom. The van der Waals surface area contributed by atoms with Crippen LogP contribution in [0, 0.1) is 6.07 Å². The molecule has 0 radical (unpaired) electrons. The number of hydrogen-bond donors (Lipinski definition) is 1. The van der Waals surface area contributed by atoms with E-state index in [1.54, 1.807) is 6.07 Å². The van der Waals surface area contributed by atoms with Crippen LogP contribution in [0.25, 0.3) is 33.8 Å². The molecular weight excluding hydrogens is 720 g/mol. The Balaban J connectivity index is 0.00000461. The average molecular weight is 764 g/mol. The Bertz CT molecular complexity index is 1790. The molecule has 0 fully saturated rings. The monoisotopic (exact) mass is 763 g/mol. The first-order valence-electron chi connectivity index (χ1n) is 15.7. The van der Waals surface area contributed by atoms with Gasteiger partial charge in [-0.1, -0.05) is 115 Å². The Morgan fingerprint density at radius 1 is 0.682 bits per heavy atom. The number of aromatic nitrogens is 2. The van der Waals surface area contributed by atoms with Crippen LogP contribution in [0.15, 0.2) is 91.1 Å². The summed E-state index contributed by atoms with van der Waals surface area (Å²) >= 11 is 0. The summed E-state index contributed by atoms with van der Waals surface area (Å²) in [7, 11) is 0. The van der Waals surface area contributed by atoms with Crippen LogP contribution in [0.5, 0.6) is 5.75 Å². The van der Waals surface area contributed by atoms with Crippen molar-refractivity contribution >= 4 is 0 Å². The first-order chi connectivity index (χ1) is 20.7. The van der Waals surface area contributed by atoms with Crippen molar-refractivity contribution < 1.29 is 27.5 Å². The molecule has 4 heteroatoms. The smallest absolute Gasteiger partial charge is 0.124 e. The van der Waals surface area contributed by atoms with Gasteiger partial charge in [0, 0.05) is 45.6 Å². The average Bonchev–Trinajstić information content (AvgIpc) is 3.00. The normalized spacial score (nSPS) is 13.4. The van der Waals surface area contributed by atoms with Crippen molar-refractivity contribution in [2.75, 3.05) is 0 Å². The van der Waals surface area contributed by atoms with Crippen LogP contribution < -0.4 is 0 Å². The van der Waals surface area contributed by atoms with Crippen molar-refractivity contribution in [3.05, 3.63) is 125 Å². The predicted octanol–water partition coefficient (Wildman–Crippen LogP) is 10.7. The topological polar surface area (TPSA) is 46.0 Å². The Morgan fingerprint density at radius 2 is 1.30 bits per heavy atom. The Labute approximate surface area is 279 Å².